The number of aliphatic carboxylic acids is 1. The highest BCUT2D eigenvalue weighted by atomic mass is 16.5. The molecule has 0 bridgehead atoms. The molecular formula is C16H22N2O4. The van der Waals surface area contributed by atoms with Gasteiger partial charge in [-0.2, -0.15) is 0 Å². The van der Waals surface area contributed by atoms with Gasteiger partial charge in [0.05, 0.1) is 19.6 Å². The van der Waals surface area contributed by atoms with Crippen molar-refractivity contribution in [1.82, 2.24) is 10.2 Å². The van der Waals surface area contributed by atoms with Crippen LogP contribution in [0.2, 0.25) is 0 Å². The molecule has 6 nitrogen and oxygen atoms in total. The lowest BCUT2D eigenvalue weighted by Gasteiger charge is -2.15. The summed E-state index contributed by atoms with van der Waals surface area (Å²) in [4.78, 5) is 24.7. The molecule has 0 spiro atoms. The summed E-state index contributed by atoms with van der Waals surface area (Å²) < 4.78 is 5.27. The molecule has 1 aromatic rings. The number of methoxy groups -OCH3 is 1. The highest BCUT2D eigenvalue weighted by Gasteiger charge is 2.28. The summed E-state index contributed by atoms with van der Waals surface area (Å²) in [5, 5.41) is 11.8. The van der Waals surface area contributed by atoms with Crippen LogP contribution in [0.5, 0.6) is 5.75 Å². The number of carbonyl (C=O) groups is 2. The van der Waals surface area contributed by atoms with Gasteiger partial charge in [0.25, 0.3) is 0 Å². The van der Waals surface area contributed by atoms with E-state index in [1.165, 1.54) is 0 Å². The predicted octanol–water partition coefficient (Wildman–Crippen LogP) is 0.760. The molecule has 22 heavy (non-hydrogen) atoms. The zero-order chi connectivity index (χ0) is 15.9. The van der Waals surface area contributed by atoms with Crippen molar-refractivity contribution in [1.29, 1.82) is 0 Å². The molecule has 1 aliphatic rings. The summed E-state index contributed by atoms with van der Waals surface area (Å²) in [5.74, 6) is -0.373. The summed E-state index contributed by atoms with van der Waals surface area (Å²) in [6.45, 7) is 1.91. The summed E-state index contributed by atoms with van der Waals surface area (Å²) in [7, 11) is 1.63. The van der Waals surface area contributed by atoms with Gasteiger partial charge in [-0.1, -0.05) is 18.2 Å². The van der Waals surface area contributed by atoms with Crippen molar-refractivity contribution in [2.24, 2.45) is 5.92 Å². The molecule has 120 valence electrons. The first-order valence-electron chi connectivity index (χ1n) is 7.44. The van der Waals surface area contributed by atoms with Crippen LogP contribution in [-0.4, -0.2) is 55.2 Å². The maximum Gasteiger partial charge on any atom is 0.307 e. The fourth-order valence-corrected chi connectivity index (χ4v) is 2.68. The summed E-state index contributed by atoms with van der Waals surface area (Å²) in [5.41, 5.74) is 1.05. The molecule has 1 unspecified atom stereocenters. The Kier molecular flexibility index (Phi) is 5.77. The van der Waals surface area contributed by atoms with Crippen molar-refractivity contribution in [3.8, 4) is 5.75 Å². The molecule has 1 aliphatic heterocycles. The third-order valence-corrected chi connectivity index (χ3v) is 3.90. The second-order valence-corrected chi connectivity index (χ2v) is 5.47. The van der Waals surface area contributed by atoms with E-state index in [0.717, 1.165) is 11.3 Å². The van der Waals surface area contributed by atoms with Crippen LogP contribution in [0.1, 0.15) is 12.0 Å². The molecular weight excluding hydrogens is 284 g/mol. The molecule has 0 radical (unpaired) electrons. The van der Waals surface area contributed by atoms with E-state index in [9.17, 15) is 9.59 Å². The minimum Gasteiger partial charge on any atom is -0.496 e. The van der Waals surface area contributed by atoms with Crippen LogP contribution >= 0.6 is 0 Å². The predicted molar refractivity (Wildman–Crippen MR) is 81.9 cm³/mol. The van der Waals surface area contributed by atoms with Crippen molar-refractivity contribution in [2.75, 3.05) is 33.3 Å². The van der Waals surface area contributed by atoms with E-state index in [4.69, 9.17) is 9.84 Å². The summed E-state index contributed by atoms with van der Waals surface area (Å²) in [6.07, 6.45) is 1.32. The van der Waals surface area contributed by atoms with E-state index in [2.05, 4.69) is 5.32 Å². The molecule has 0 saturated carbocycles. The minimum absolute atomic E-state index is 0.0686. The van der Waals surface area contributed by atoms with Gasteiger partial charge in [0.15, 0.2) is 0 Å². The van der Waals surface area contributed by atoms with Crippen LogP contribution in [0.3, 0.4) is 0 Å². The van der Waals surface area contributed by atoms with Gasteiger partial charge in [-0.25, -0.2) is 0 Å². The zero-order valence-corrected chi connectivity index (χ0v) is 12.7. The van der Waals surface area contributed by atoms with E-state index >= 15 is 0 Å². The van der Waals surface area contributed by atoms with Crippen LogP contribution in [0.4, 0.5) is 0 Å². The monoisotopic (exact) mass is 306 g/mol. The van der Waals surface area contributed by atoms with Gasteiger partial charge in [0.2, 0.25) is 5.91 Å². The molecule has 1 heterocycles. The molecule has 0 aromatic heterocycles. The average molecular weight is 306 g/mol. The highest BCUT2D eigenvalue weighted by molar-refractivity contribution is 5.78. The molecule has 1 fully saturated rings. The van der Waals surface area contributed by atoms with Gasteiger partial charge < -0.3 is 15.2 Å². The molecule has 6 heteroatoms. The lowest BCUT2D eigenvalue weighted by Crippen LogP contribution is -2.37. The summed E-state index contributed by atoms with van der Waals surface area (Å²) >= 11 is 0. The van der Waals surface area contributed by atoms with E-state index < -0.39 is 5.97 Å². The van der Waals surface area contributed by atoms with Crippen molar-refractivity contribution >= 4 is 11.9 Å². The third-order valence-electron chi connectivity index (χ3n) is 3.90. The number of nitrogens with one attached hydrogen (secondary N) is 1. The van der Waals surface area contributed by atoms with Gasteiger partial charge >= 0.3 is 5.97 Å². The van der Waals surface area contributed by atoms with E-state index in [1.807, 2.05) is 29.2 Å². The van der Waals surface area contributed by atoms with Crippen molar-refractivity contribution in [3.63, 3.8) is 0 Å². The Balaban J connectivity index is 1.71. The van der Waals surface area contributed by atoms with Gasteiger partial charge in [0.1, 0.15) is 5.75 Å². The molecule has 0 aliphatic carbocycles. The maximum absolute atomic E-state index is 11.9. The third kappa shape index (κ3) is 4.46. The van der Waals surface area contributed by atoms with Crippen LogP contribution in [-0.2, 0) is 16.0 Å². The Morgan fingerprint density at radius 1 is 1.41 bits per heavy atom. The molecule has 1 amide bonds. The van der Waals surface area contributed by atoms with Crippen molar-refractivity contribution in [3.05, 3.63) is 29.8 Å². The fraction of sp³-hybridized carbons (Fsp3) is 0.500. The molecule has 1 aromatic carbocycles. The minimum atomic E-state index is -0.779. The quantitative estimate of drug-likeness (QED) is 0.777. The number of nitrogens with zero attached hydrogens (tertiary/aromatic N) is 1. The standard InChI is InChI=1S/C16H22N2O4/c1-22-14-5-3-2-4-12(14)6-8-17-15(19)11-18-9-7-13(10-18)16(20)21/h2-5,13H,6-11H2,1H3,(H,17,19)(H,20,21). The number of para-hydroxylation sites is 1. The maximum atomic E-state index is 11.9. The molecule has 2 N–H and O–H groups in total. The number of amides is 1. The second-order valence-electron chi connectivity index (χ2n) is 5.47. The Morgan fingerprint density at radius 3 is 2.86 bits per heavy atom. The lowest BCUT2D eigenvalue weighted by atomic mass is 10.1. The Bertz CT molecular complexity index is 533. The number of benzene rings is 1. The van der Waals surface area contributed by atoms with Gasteiger partial charge in [-0.3, -0.25) is 14.5 Å². The van der Waals surface area contributed by atoms with E-state index in [-0.39, 0.29) is 18.4 Å². The van der Waals surface area contributed by atoms with Crippen LogP contribution < -0.4 is 10.1 Å². The first-order chi connectivity index (χ1) is 10.6. The van der Waals surface area contributed by atoms with Gasteiger partial charge in [-0.05, 0) is 31.0 Å². The number of hydrogen-bond donors (Lipinski definition) is 2. The molecule has 1 saturated heterocycles. The number of carbonyl (C=O) groups excluding carboxylic acids is 1. The van der Waals surface area contributed by atoms with Crippen LogP contribution in [0.15, 0.2) is 24.3 Å². The second kappa shape index (κ2) is 7.79. The fourth-order valence-electron chi connectivity index (χ4n) is 2.68. The van der Waals surface area contributed by atoms with Crippen molar-refractivity contribution in [2.45, 2.75) is 12.8 Å². The first kappa shape index (κ1) is 16.3. The van der Waals surface area contributed by atoms with Crippen LogP contribution in [0.25, 0.3) is 0 Å². The zero-order valence-electron chi connectivity index (χ0n) is 12.7. The number of hydrogen-bond acceptors (Lipinski definition) is 4. The average Bonchev–Trinajstić information content (AvgIpc) is 2.96. The van der Waals surface area contributed by atoms with Gasteiger partial charge in [0, 0.05) is 13.1 Å². The number of rotatable bonds is 7. The Morgan fingerprint density at radius 2 is 2.18 bits per heavy atom. The Labute approximate surface area is 130 Å². The van der Waals surface area contributed by atoms with Crippen LogP contribution in [0, 0.1) is 5.92 Å². The lowest BCUT2D eigenvalue weighted by molar-refractivity contribution is -0.141. The normalized spacial score (nSPS) is 18.1. The number of carboxylic acids is 1. The molecule has 1 atom stereocenters. The number of carboxylic acid groups (broad SMARTS) is 1. The SMILES string of the molecule is COc1ccccc1CCNC(=O)CN1CCC(C(=O)O)C1. The number of ether oxygens (including phenoxy) is 1. The Hall–Kier alpha value is -2.08. The largest absolute Gasteiger partial charge is 0.496 e. The van der Waals surface area contributed by atoms with Gasteiger partial charge in [-0.15, -0.1) is 0 Å². The summed E-state index contributed by atoms with van der Waals surface area (Å²) in [6, 6.07) is 7.72. The van der Waals surface area contributed by atoms with E-state index in [0.29, 0.717) is 32.5 Å². The first-order valence-corrected chi connectivity index (χ1v) is 7.44. The van der Waals surface area contributed by atoms with E-state index in [1.54, 1.807) is 7.11 Å². The topological polar surface area (TPSA) is 78.9 Å². The van der Waals surface area contributed by atoms with Crippen molar-refractivity contribution < 1.29 is 19.4 Å². The molecule has 2 rings (SSSR count). The smallest absolute Gasteiger partial charge is 0.307 e. The number of likely N-dealkylation sites (tertiary alicyclic amines) is 1. The highest BCUT2D eigenvalue weighted by Crippen LogP contribution is 2.17.